The third kappa shape index (κ3) is 4.28. The first-order valence-electron chi connectivity index (χ1n) is 3.88. The zero-order valence-electron chi connectivity index (χ0n) is 8.72. The Morgan fingerprint density at radius 1 is 1.00 bits per heavy atom. The average molecular weight is 190 g/mol. The smallest absolute Gasteiger partial charge is 0.304 e. The van der Waals surface area contributed by atoms with Crippen molar-refractivity contribution < 1.29 is 13.9 Å². The van der Waals surface area contributed by atoms with Crippen molar-refractivity contribution in [3.05, 3.63) is 11.7 Å². The van der Waals surface area contributed by atoms with E-state index in [2.05, 4.69) is 19.6 Å². The summed E-state index contributed by atoms with van der Waals surface area (Å²) < 4.78 is 15.7. The van der Waals surface area contributed by atoms with Crippen molar-refractivity contribution in [2.45, 2.75) is 26.6 Å². The summed E-state index contributed by atoms with van der Waals surface area (Å²) in [6.45, 7) is 8.10. The van der Waals surface area contributed by atoms with Gasteiger partial charge in [-0.05, 0) is 19.6 Å². The highest BCUT2D eigenvalue weighted by atomic mass is 28.4. The van der Waals surface area contributed by atoms with Crippen LogP contribution in [0.25, 0.3) is 0 Å². The molecule has 12 heavy (non-hydrogen) atoms. The highest BCUT2D eigenvalue weighted by Gasteiger charge is 2.19. The first kappa shape index (κ1) is 11.4. The van der Waals surface area contributed by atoms with Crippen LogP contribution in [-0.4, -0.2) is 22.5 Å². The maximum atomic E-state index is 5.61. The van der Waals surface area contributed by atoms with Gasteiger partial charge in [0.2, 0.25) is 8.32 Å². The molecule has 0 radical (unpaired) electrons. The number of methoxy groups -OCH3 is 2. The molecule has 0 heterocycles. The van der Waals surface area contributed by atoms with Gasteiger partial charge in [-0.1, -0.05) is 0 Å². The van der Waals surface area contributed by atoms with Gasteiger partial charge in [-0.25, -0.2) is 0 Å². The Morgan fingerprint density at radius 3 is 1.75 bits per heavy atom. The minimum Gasteiger partial charge on any atom is -0.517 e. The van der Waals surface area contributed by atoms with Gasteiger partial charge in [-0.15, -0.1) is 0 Å². The van der Waals surface area contributed by atoms with Crippen LogP contribution in [0, 0.1) is 0 Å². The molecule has 0 aliphatic heterocycles. The quantitative estimate of drug-likeness (QED) is 0.503. The maximum Gasteiger partial charge on any atom is 0.304 e. The van der Waals surface area contributed by atoms with Crippen molar-refractivity contribution in [2.75, 3.05) is 14.2 Å². The molecule has 0 rings (SSSR count). The van der Waals surface area contributed by atoms with Crippen LogP contribution in [0.5, 0.6) is 0 Å². The summed E-state index contributed by atoms with van der Waals surface area (Å²) in [5, 5.41) is 0. The lowest BCUT2D eigenvalue weighted by atomic mass is 10.6. The van der Waals surface area contributed by atoms with Crippen molar-refractivity contribution in [3.8, 4) is 0 Å². The molecule has 0 saturated carbocycles. The summed E-state index contributed by atoms with van der Waals surface area (Å²) in [5.74, 6) is 1.18. The summed E-state index contributed by atoms with van der Waals surface area (Å²) in [6.07, 6.45) is 0. The van der Waals surface area contributed by atoms with Crippen molar-refractivity contribution in [3.63, 3.8) is 0 Å². The highest BCUT2D eigenvalue weighted by Crippen LogP contribution is 2.14. The Kier molecular flexibility index (Phi) is 4.16. The van der Waals surface area contributed by atoms with Crippen LogP contribution in [0.2, 0.25) is 19.6 Å². The van der Waals surface area contributed by atoms with Crippen LogP contribution in [0.3, 0.4) is 0 Å². The van der Waals surface area contributed by atoms with Gasteiger partial charge >= 0.3 is 5.95 Å². The van der Waals surface area contributed by atoms with E-state index in [0.717, 1.165) is 0 Å². The molecule has 0 aliphatic carbocycles. The molecule has 0 aromatic rings. The van der Waals surface area contributed by atoms with E-state index in [1.54, 1.807) is 14.2 Å². The molecule has 0 saturated heterocycles. The van der Waals surface area contributed by atoms with E-state index in [1.807, 2.05) is 6.92 Å². The van der Waals surface area contributed by atoms with E-state index in [-0.39, 0.29) is 0 Å². The maximum absolute atomic E-state index is 5.61. The lowest BCUT2D eigenvalue weighted by Gasteiger charge is -2.21. The van der Waals surface area contributed by atoms with Gasteiger partial charge in [0, 0.05) is 6.92 Å². The van der Waals surface area contributed by atoms with Crippen molar-refractivity contribution in [1.82, 2.24) is 0 Å². The fourth-order valence-electron chi connectivity index (χ4n) is 0.619. The topological polar surface area (TPSA) is 27.7 Å². The average Bonchev–Trinajstić information content (AvgIpc) is 1.97. The van der Waals surface area contributed by atoms with Gasteiger partial charge < -0.3 is 13.9 Å². The summed E-state index contributed by atoms with van der Waals surface area (Å²) in [5.41, 5.74) is 0. The minimum absolute atomic E-state index is 0.497. The molecular weight excluding hydrogens is 172 g/mol. The van der Waals surface area contributed by atoms with Gasteiger partial charge in [0.15, 0.2) is 5.76 Å². The third-order valence-electron chi connectivity index (χ3n) is 1.18. The predicted octanol–water partition coefficient (Wildman–Crippen LogP) is 2.32. The van der Waals surface area contributed by atoms with E-state index in [0.29, 0.717) is 11.7 Å². The van der Waals surface area contributed by atoms with Crippen LogP contribution in [0.15, 0.2) is 11.7 Å². The summed E-state index contributed by atoms with van der Waals surface area (Å²) in [7, 11) is 1.60. The van der Waals surface area contributed by atoms with Crippen LogP contribution in [0.4, 0.5) is 0 Å². The molecular formula is C8H18O3Si. The molecule has 0 fully saturated rings. The molecule has 0 bridgehead atoms. The standard InChI is InChI=1S/C8H18O3Si/c1-7(9-2)8(10-3)11-12(4,5)6/h1-6H3. The Labute approximate surface area is 75.4 Å². The van der Waals surface area contributed by atoms with Crippen molar-refractivity contribution in [1.29, 1.82) is 0 Å². The second-order valence-electron chi connectivity index (χ2n) is 3.47. The SMILES string of the molecule is COC(C)=C(OC)O[Si](C)(C)C. The monoisotopic (exact) mass is 190 g/mol. The fraction of sp³-hybridized carbons (Fsp3) is 0.750. The fourth-order valence-corrected chi connectivity index (χ4v) is 1.40. The molecule has 0 aromatic carbocycles. The van der Waals surface area contributed by atoms with Gasteiger partial charge in [0.25, 0.3) is 0 Å². The summed E-state index contributed by atoms with van der Waals surface area (Å²) in [4.78, 5) is 0. The lowest BCUT2D eigenvalue weighted by Crippen LogP contribution is -2.26. The molecule has 0 N–H and O–H groups in total. The number of hydrogen-bond donors (Lipinski definition) is 0. The molecule has 0 spiro atoms. The third-order valence-corrected chi connectivity index (χ3v) is 1.98. The number of ether oxygens (including phenoxy) is 2. The molecule has 0 atom stereocenters. The van der Waals surface area contributed by atoms with E-state index in [1.165, 1.54) is 0 Å². The van der Waals surface area contributed by atoms with E-state index in [9.17, 15) is 0 Å². The summed E-state index contributed by atoms with van der Waals surface area (Å²) >= 11 is 0. The summed E-state index contributed by atoms with van der Waals surface area (Å²) in [6, 6.07) is 0. The number of hydrogen-bond acceptors (Lipinski definition) is 3. The largest absolute Gasteiger partial charge is 0.517 e. The molecule has 3 nitrogen and oxygen atoms in total. The Hall–Kier alpha value is -0.643. The molecule has 0 unspecified atom stereocenters. The van der Waals surface area contributed by atoms with Gasteiger partial charge in [0.05, 0.1) is 14.2 Å². The predicted molar refractivity (Wildman–Crippen MR) is 51.1 cm³/mol. The van der Waals surface area contributed by atoms with Gasteiger partial charge in [-0.2, -0.15) is 0 Å². The van der Waals surface area contributed by atoms with Gasteiger partial charge in [-0.3, -0.25) is 0 Å². The van der Waals surface area contributed by atoms with Crippen LogP contribution in [0.1, 0.15) is 6.92 Å². The molecule has 0 aliphatic rings. The Balaban J connectivity index is 4.38. The van der Waals surface area contributed by atoms with Crippen LogP contribution >= 0.6 is 0 Å². The van der Waals surface area contributed by atoms with E-state index >= 15 is 0 Å². The first-order chi connectivity index (χ1) is 5.40. The first-order valence-corrected chi connectivity index (χ1v) is 7.29. The van der Waals surface area contributed by atoms with E-state index < -0.39 is 8.32 Å². The normalized spacial score (nSPS) is 13.5. The second-order valence-corrected chi connectivity index (χ2v) is 7.90. The number of rotatable bonds is 4. The zero-order valence-corrected chi connectivity index (χ0v) is 9.72. The van der Waals surface area contributed by atoms with Crippen molar-refractivity contribution in [2.24, 2.45) is 0 Å². The highest BCUT2D eigenvalue weighted by molar-refractivity contribution is 6.70. The lowest BCUT2D eigenvalue weighted by molar-refractivity contribution is 0.113. The minimum atomic E-state index is -1.58. The Morgan fingerprint density at radius 2 is 1.50 bits per heavy atom. The molecule has 4 heteroatoms. The molecule has 0 aromatic heterocycles. The number of allylic oxidation sites excluding steroid dienone is 1. The molecule has 0 amide bonds. The van der Waals surface area contributed by atoms with Crippen LogP contribution in [-0.2, 0) is 13.9 Å². The molecule has 72 valence electrons. The van der Waals surface area contributed by atoms with E-state index in [4.69, 9.17) is 13.9 Å². The Bertz CT molecular complexity index is 170. The van der Waals surface area contributed by atoms with Crippen molar-refractivity contribution >= 4 is 8.32 Å². The van der Waals surface area contributed by atoms with Gasteiger partial charge in [0.1, 0.15) is 0 Å². The van der Waals surface area contributed by atoms with Crippen LogP contribution < -0.4 is 0 Å². The second kappa shape index (κ2) is 4.40. The zero-order chi connectivity index (χ0) is 9.78.